The summed E-state index contributed by atoms with van der Waals surface area (Å²) < 4.78 is 55.8. The molecule has 0 spiro atoms. The van der Waals surface area contributed by atoms with Gasteiger partial charge in [-0.1, -0.05) is 39.0 Å². The number of alkyl halides is 2. The summed E-state index contributed by atoms with van der Waals surface area (Å²) in [5.74, 6) is -1.80. The molecular weight excluding hydrogens is 254 g/mol. The summed E-state index contributed by atoms with van der Waals surface area (Å²) in [6, 6.07) is 0. The van der Waals surface area contributed by atoms with Gasteiger partial charge in [0.2, 0.25) is 5.78 Å². The lowest BCUT2D eigenvalue weighted by molar-refractivity contribution is -0.133. The summed E-state index contributed by atoms with van der Waals surface area (Å²) in [4.78, 5) is 10.9. The van der Waals surface area contributed by atoms with Crippen molar-refractivity contribution < 1.29 is 26.5 Å². The summed E-state index contributed by atoms with van der Waals surface area (Å²) in [5.41, 5.74) is 0. The Kier molecular flexibility index (Phi) is 6.77. The van der Waals surface area contributed by atoms with Crippen LogP contribution in [0.4, 0.5) is 8.78 Å². The van der Waals surface area contributed by atoms with Gasteiger partial charge < -0.3 is 4.55 Å². The minimum absolute atomic E-state index is 0.188. The lowest BCUT2D eigenvalue weighted by Crippen LogP contribution is -2.37. The van der Waals surface area contributed by atoms with Crippen LogP contribution in [0.3, 0.4) is 0 Å². The van der Waals surface area contributed by atoms with E-state index in [9.17, 15) is 26.5 Å². The van der Waals surface area contributed by atoms with E-state index in [0.717, 1.165) is 25.7 Å². The number of halogens is 2. The average Bonchev–Trinajstić information content (AvgIpc) is 2.21. The normalized spacial score (nSPS) is 12.7. The van der Waals surface area contributed by atoms with Crippen molar-refractivity contribution >= 4 is 15.9 Å². The number of ketones is 1. The molecule has 102 valence electrons. The second-order valence-electron chi connectivity index (χ2n) is 3.91. The summed E-state index contributed by atoms with van der Waals surface area (Å²) in [5, 5.41) is -4.78. The lowest BCUT2D eigenvalue weighted by atomic mass is 10.1. The van der Waals surface area contributed by atoms with E-state index in [4.69, 9.17) is 0 Å². The third-order valence-corrected chi connectivity index (χ3v) is 3.25. The van der Waals surface area contributed by atoms with Crippen LogP contribution in [0.1, 0.15) is 51.9 Å². The van der Waals surface area contributed by atoms with Crippen molar-refractivity contribution in [2.24, 2.45) is 0 Å². The Labute approximate surface area is 100 Å². The maximum Gasteiger partial charge on any atom is 0.391 e. The van der Waals surface area contributed by atoms with Gasteiger partial charge in [0, 0.05) is 6.42 Å². The van der Waals surface area contributed by atoms with Crippen LogP contribution in [0.5, 0.6) is 0 Å². The predicted octanol–water partition coefficient (Wildman–Crippen LogP) is 2.44. The van der Waals surface area contributed by atoms with Gasteiger partial charge in [0.15, 0.2) is 10.1 Å². The van der Waals surface area contributed by atoms with Crippen molar-refractivity contribution in [1.82, 2.24) is 0 Å². The Morgan fingerprint density at radius 2 is 1.59 bits per heavy atom. The number of unbranched alkanes of at least 4 members (excludes halogenated alkanes) is 5. The molecule has 0 aliphatic rings. The Morgan fingerprint density at radius 1 is 1.12 bits per heavy atom. The van der Waals surface area contributed by atoms with Crippen LogP contribution in [0, 0.1) is 0 Å². The fourth-order valence-electron chi connectivity index (χ4n) is 1.35. The Morgan fingerprint density at radius 3 is 2.06 bits per heavy atom. The van der Waals surface area contributed by atoms with Gasteiger partial charge in [-0.05, 0) is 6.42 Å². The third kappa shape index (κ3) is 5.54. The van der Waals surface area contributed by atoms with Crippen molar-refractivity contribution in [3.05, 3.63) is 0 Å². The highest BCUT2D eigenvalue weighted by Gasteiger charge is 2.45. The van der Waals surface area contributed by atoms with Crippen molar-refractivity contribution in [2.45, 2.75) is 57.1 Å². The van der Waals surface area contributed by atoms with Gasteiger partial charge in [0.25, 0.3) is 0 Å². The van der Waals surface area contributed by atoms with E-state index >= 15 is 0 Å². The van der Waals surface area contributed by atoms with Gasteiger partial charge in [0.1, 0.15) is 0 Å². The summed E-state index contributed by atoms with van der Waals surface area (Å²) >= 11 is 0. The molecule has 0 radical (unpaired) electrons. The Bertz CT molecular complexity index is 338. The first-order valence-corrected chi connectivity index (χ1v) is 7.01. The predicted molar refractivity (Wildman–Crippen MR) is 57.6 cm³/mol. The molecule has 0 saturated carbocycles. The first-order valence-electron chi connectivity index (χ1n) is 5.60. The SMILES string of the molecule is CCCCCCCCC(=O)C(F)(F)S(=O)(=O)[O-]. The largest absolute Gasteiger partial charge is 0.743 e. The van der Waals surface area contributed by atoms with Crippen LogP contribution in [0.15, 0.2) is 0 Å². The lowest BCUT2D eigenvalue weighted by Gasteiger charge is -2.18. The summed E-state index contributed by atoms with van der Waals surface area (Å²) in [6.07, 6.45) is 4.07. The van der Waals surface area contributed by atoms with E-state index in [-0.39, 0.29) is 6.42 Å². The van der Waals surface area contributed by atoms with Crippen molar-refractivity contribution in [3.8, 4) is 0 Å². The van der Waals surface area contributed by atoms with Crippen molar-refractivity contribution in [2.75, 3.05) is 0 Å². The van der Waals surface area contributed by atoms with Crippen LogP contribution in [-0.4, -0.2) is 24.0 Å². The van der Waals surface area contributed by atoms with Crippen LogP contribution in [0.2, 0.25) is 0 Å². The molecule has 0 aliphatic carbocycles. The molecule has 0 amide bonds. The van der Waals surface area contributed by atoms with Crippen LogP contribution >= 0.6 is 0 Å². The zero-order valence-corrected chi connectivity index (χ0v) is 10.6. The highest BCUT2D eigenvalue weighted by Crippen LogP contribution is 2.24. The van der Waals surface area contributed by atoms with E-state index < -0.39 is 27.6 Å². The molecule has 0 unspecified atom stereocenters. The fourth-order valence-corrected chi connectivity index (χ4v) is 1.73. The van der Waals surface area contributed by atoms with E-state index in [1.807, 2.05) is 6.92 Å². The monoisotopic (exact) mass is 271 g/mol. The molecular formula is C10H17F2O4S-. The van der Waals surface area contributed by atoms with E-state index in [2.05, 4.69) is 0 Å². The number of hydrogen-bond acceptors (Lipinski definition) is 4. The summed E-state index contributed by atoms with van der Waals surface area (Å²) in [7, 11) is -5.89. The number of carbonyl (C=O) groups is 1. The molecule has 0 fully saturated rings. The smallest absolute Gasteiger partial charge is 0.391 e. The number of rotatable bonds is 9. The highest BCUT2D eigenvalue weighted by molar-refractivity contribution is 7.87. The molecule has 17 heavy (non-hydrogen) atoms. The zero-order valence-electron chi connectivity index (χ0n) is 9.75. The zero-order chi connectivity index (χ0) is 13.5. The molecule has 0 saturated heterocycles. The Balaban J connectivity index is 3.96. The minimum atomic E-state index is -5.89. The van der Waals surface area contributed by atoms with Gasteiger partial charge >= 0.3 is 5.25 Å². The summed E-state index contributed by atoms with van der Waals surface area (Å²) in [6.45, 7) is 2.03. The molecule has 0 heterocycles. The van der Waals surface area contributed by atoms with E-state index in [0.29, 0.717) is 6.42 Å². The number of Topliss-reactive ketones (excluding diaryl/α,β-unsaturated/α-hetero) is 1. The Hall–Kier alpha value is -0.560. The first kappa shape index (κ1) is 16.4. The maximum atomic E-state index is 12.7. The van der Waals surface area contributed by atoms with Crippen LogP contribution in [-0.2, 0) is 14.9 Å². The van der Waals surface area contributed by atoms with Crippen molar-refractivity contribution in [3.63, 3.8) is 0 Å². The molecule has 0 aromatic carbocycles. The standard InChI is InChI=1S/C10H18F2O4S/c1-2-3-4-5-6-7-8-9(13)10(11,12)17(14,15)16/h2-8H2,1H3,(H,14,15,16)/p-1. The van der Waals surface area contributed by atoms with Gasteiger partial charge in [-0.3, -0.25) is 4.79 Å². The second-order valence-corrected chi connectivity index (χ2v) is 5.33. The quantitative estimate of drug-likeness (QED) is 0.477. The molecule has 0 aromatic heterocycles. The third-order valence-electron chi connectivity index (χ3n) is 2.40. The molecule has 0 atom stereocenters. The molecule has 7 heteroatoms. The van der Waals surface area contributed by atoms with Gasteiger partial charge in [0.05, 0.1) is 0 Å². The second kappa shape index (κ2) is 7.00. The molecule has 0 rings (SSSR count). The highest BCUT2D eigenvalue weighted by atomic mass is 32.2. The average molecular weight is 271 g/mol. The molecule has 0 bridgehead atoms. The van der Waals surface area contributed by atoms with E-state index in [1.54, 1.807) is 0 Å². The topological polar surface area (TPSA) is 74.3 Å². The fraction of sp³-hybridized carbons (Fsp3) is 0.900. The van der Waals surface area contributed by atoms with Gasteiger partial charge in [-0.25, -0.2) is 8.42 Å². The first-order chi connectivity index (χ1) is 7.73. The van der Waals surface area contributed by atoms with Crippen LogP contribution in [0.25, 0.3) is 0 Å². The maximum absolute atomic E-state index is 12.7. The van der Waals surface area contributed by atoms with Crippen LogP contribution < -0.4 is 0 Å². The van der Waals surface area contributed by atoms with Gasteiger partial charge in [-0.15, -0.1) is 0 Å². The molecule has 0 N–H and O–H groups in total. The number of carbonyl (C=O) groups excluding carboxylic acids is 1. The minimum Gasteiger partial charge on any atom is -0.743 e. The molecule has 0 aliphatic heterocycles. The molecule has 0 aromatic rings. The van der Waals surface area contributed by atoms with Crippen molar-refractivity contribution in [1.29, 1.82) is 0 Å². The number of hydrogen-bond donors (Lipinski definition) is 0. The van der Waals surface area contributed by atoms with E-state index in [1.165, 1.54) is 0 Å². The van der Waals surface area contributed by atoms with Gasteiger partial charge in [-0.2, -0.15) is 8.78 Å². The molecule has 4 nitrogen and oxygen atoms in total.